The minimum atomic E-state index is -3.15. The highest BCUT2D eigenvalue weighted by Gasteiger charge is 2.37. The summed E-state index contributed by atoms with van der Waals surface area (Å²) in [7, 11) is -3.15. The summed E-state index contributed by atoms with van der Waals surface area (Å²) in [5.41, 5.74) is 3.29. The highest BCUT2D eigenvalue weighted by atomic mass is 32.2. The summed E-state index contributed by atoms with van der Waals surface area (Å²) in [6.07, 6.45) is 0.738. The highest BCUT2D eigenvalue weighted by molar-refractivity contribution is 7.99. The average molecular weight is 472 g/mol. The van der Waals surface area contributed by atoms with E-state index >= 15 is 0 Å². The number of nitrogens with one attached hydrogen (secondary N) is 1. The first-order valence-electron chi connectivity index (χ1n) is 10.5. The summed E-state index contributed by atoms with van der Waals surface area (Å²) in [5, 5.41) is 8.25. The van der Waals surface area contributed by atoms with Crippen LogP contribution in [0.25, 0.3) is 0 Å². The van der Waals surface area contributed by atoms with Gasteiger partial charge in [-0.25, -0.2) is 13.4 Å². The van der Waals surface area contributed by atoms with Crippen LogP contribution in [0.4, 0.5) is 5.69 Å². The third kappa shape index (κ3) is 5.21. The van der Waals surface area contributed by atoms with Crippen LogP contribution in [0.3, 0.4) is 0 Å². The number of benzene rings is 2. The molecule has 0 bridgehead atoms. The maximum atomic E-state index is 12.7. The van der Waals surface area contributed by atoms with Crippen molar-refractivity contribution in [1.29, 1.82) is 0 Å². The Labute approximate surface area is 192 Å². The predicted molar refractivity (Wildman–Crippen MR) is 126 cm³/mol. The molecule has 0 radical (unpaired) electrons. The number of nitrogens with zero attached hydrogens (tertiary/aromatic N) is 2. The first-order valence-corrected chi connectivity index (χ1v) is 13.1. The molecule has 1 saturated heterocycles. The lowest BCUT2D eigenvalue weighted by Crippen LogP contribution is -2.42. The molecule has 2 heterocycles. The molecule has 0 aromatic heterocycles. The topological polar surface area (TPSA) is 95.9 Å². The highest BCUT2D eigenvalue weighted by Crippen LogP contribution is 2.31. The van der Waals surface area contributed by atoms with Crippen LogP contribution >= 0.6 is 11.8 Å². The summed E-state index contributed by atoms with van der Waals surface area (Å²) in [6.45, 7) is 4.15. The Kier molecular flexibility index (Phi) is 6.39. The van der Waals surface area contributed by atoms with Crippen LogP contribution in [0.15, 0.2) is 57.4 Å². The summed E-state index contributed by atoms with van der Waals surface area (Å²) in [5.74, 6) is -0.670. The SMILES string of the molecule is Cc1ccc(C)c(Sc2ccc(NC(=O)C3=NN(C4CCS(=O)(=O)C4)C(=O)CC3)cc2)c1. The molecule has 0 aliphatic carbocycles. The molecule has 2 aliphatic heterocycles. The molecule has 0 spiro atoms. The predicted octanol–water partition coefficient (Wildman–Crippen LogP) is 3.56. The number of hydrogen-bond donors (Lipinski definition) is 1. The Balaban J connectivity index is 1.42. The first kappa shape index (κ1) is 22.5. The van der Waals surface area contributed by atoms with Gasteiger partial charge in [-0.3, -0.25) is 9.59 Å². The number of sulfone groups is 1. The number of hydrazone groups is 1. The van der Waals surface area contributed by atoms with Gasteiger partial charge in [0.25, 0.3) is 5.91 Å². The molecule has 1 atom stereocenters. The maximum absolute atomic E-state index is 12.7. The monoisotopic (exact) mass is 471 g/mol. The summed E-state index contributed by atoms with van der Waals surface area (Å²) >= 11 is 1.67. The second-order valence-corrected chi connectivity index (χ2v) is 11.5. The Morgan fingerprint density at radius 3 is 2.56 bits per heavy atom. The van der Waals surface area contributed by atoms with E-state index in [1.165, 1.54) is 21.0 Å². The van der Waals surface area contributed by atoms with Crippen molar-refractivity contribution in [3.63, 3.8) is 0 Å². The zero-order valence-corrected chi connectivity index (χ0v) is 19.6. The molecule has 2 aromatic rings. The van der Waals surface area contributed by atoms with Crippen molar-refractivity contribution < 1.29 is 18.0 Å². The minimum absolute atomic E-state index is 0.0466. The molecular formula is C23H25N3O4S2. The summed E-state index contributed by atoms with van der Waals surface area (Å²) < 4.78 is 23.5. The average Bonchev–Trinajstić information content (AvgIpc) is 3.12. The Morgan fingerprint density at radius 2 is 1.88 bits per heavy atom. The third-order valence-electron chi connectivity index (χ3n) is 5.56. The van der Waals surface area contributed by atoms with Crippen LogP contribution in [0.2, 0.25) is 0 Å². The molecule has 168 valence electrons. The fourth-order valence-corrected chi connectivity index (χ4v) is 6.43. The fraction of sp³-hybridized carbons (Fsp3) is 0.348. The maximum Gasteiger partial charge on any atom is 0.271 e. The van der Waals surface area contributed by atoms with Gasteiger partial charge in [-0.05, 0) is 61.7 Å². The van der Waals surface area contributed by atoms with Gasteiger partial charge < -0.3 is 5.32 Å². The zero-order valence-electron chi connectivity index (χ0n) is 18.0. The van der Waals surface area contributed by atoms with E-state index in [1.807, 2.05) is 24.3 Å². The zero-order chi connectivity index (χ0) is 22.9. The van der Waals surface area contributed by atoms with Gasteiger partial charge >= 0.3 is 0 Å². The fourth-order valence-electron chi connectivity index (χ4n) is 3.74. The molecule has 2 amide bonds. The van der Waals surface area contributed by atoms with Crippen molar-refractivity contribution in [2.24, 2.45) is 5.10 Å². The first-order chi connectivity index (χ1) is 15.2. The van der Waals surface area contributed by atoms with Crippen LogP contribution in [0.1, 0.15) is 30.4 Å². The normalized spacial score (nSPS) is 20.2. The third-order valence-corrected chi connectivity index (χ3v) is 8.48. The summed E-state index contributed by atoms with van der Waals surface area (Å²) in [6, 6.07) is 13.4. The van der Waals surface area contributed by atoms with Crippen LogP contribution in [-0.4, -0.2) is 48.5 Å². The Bertz CT molecular complexity index is 1190. The molecule has 0 saturated carbocycles. The van der Waals surface area contributed by atoms with Crippen molar-refractivity contribution in [3.05, 3.63) is 53.6 Å². The number of rotatable bonds is 5. The van der Waals surface area contributed by atoms with Crippen molar-refractivity contribution in [3.8, 4) is 0 Å². The van der Waals surface area contributed by atoms with Crippen LogP contribution < -0.4 is 5.32 Å². The Hall–Kier alpha value is -2.65. The summed E-state index contributed by atoms with van der Waals surface area (Å²) in [4.78, 5) is 27.2. The Morgan fingerprint density at radius 1 is 1.12 bits per heavy atom. The minimum Gasteiger partial charge on any atom is -0.321 e. The van der Waals surface area contributed by atoms with Gasteiger partial charge in [0.2, 0.25) is 5.91 Å². The molecule has 2 aromatic carbocycles. The van der Waals surface area contributed by atoms with Crippen molar-refractivity contribution in [2.45, 2.75) is 48.9 Å². The quantitative estimate of drug-likeness (QED) is 0.719. The number of aryl methyl sites for hydroxylation is 2. The second kappa shape index (κ2) is 9.07. The largest absolute Gasteiger partial charge is 0.321 e. The molecule has 2 aliphatic rings. The molecular weight excluding hydrogens is 446 g/mol. The van der Waals surface area contributed by atoms with Crippen molar-refractivity contribution >= 4 is 44.8 Å². The van der Waals surface area contributed by atoms with E-state index in [2.05, 4.69) is 42.5 Å². The van der Waals surface area contributed by atoms with Crippen LogP contribution in [0, 0.1) is 13.8 Å². The number of hydrogen-bond acceptors (Lipinski definition) is 6. The van der Waals surface area contributed by atoms with E-state index in [1.54, 1.807) is 11.8 Å². The van der Waals surface area contributed by atoms with E-state index < -0.39 is 15.9 Å². The van der Waals surface area contributed by atoms with Gasteiger partial charge in [-0.1, -0.05) is 23.9 Å². The van der Waals surface area contributed by atoms with Gasteiger partial charge in [0.05, 0.1) is 17.5 Å². The lowest BCUT2D eigenvalue weighted by molar-refractivity contribution is -0.133. The van der Waals surface area contributed by atoms with Gasteiger partial charge in [0.15, 0.2) is 9.84 Å². The molecule has 1 fully saturated rings. The molecule has 4 rings (SSSR count). The standard InChI is InChI=1S/C23H25N3O4S2/c1-15-3-4-16(2)21(13-15)31-19-7-5-17(6-8-19)24-23(28)20-9-10-22(27)26(25-20)18-11-12-32(29,30)14-18/h3-8,13,18H,9-12,14H2,1-2H3,(H,24,28). The van der Waals surface area contributed by atoms with E-state index in [9.17, 15) is 18.0 Å². The molecule has 1 unspecified atom stereocenters. The van der Waals surface area contributed by atoms with Crippen LogP contribution in [0.5, 0.6) is 0 Å². The number of anilines is 1. The number of carbonyl (C=O) groups is 2. The smallest absolute Gasteiger partial charge is 0.271 e. The van der Waals surface area contributed by atoms with Gasteiger partial charge in [0, 0.05) is 28.3 Å². The van der Waals surface area contributed by atoms with Gasteiger partial charge in [-0.2, -0.15) is 5.10 Å². The molecule has 7 nitrogen and oxygen atoms in total. The van der Waals surface area contributed by atoms with E-state index in [0.717, 1.165) is 4.90 Å². The molecule has 1 N–H and O–H groups in total. The number of carbonyl (C=O) groups excluding carboxylic acids is 2. The van der Waals surface area contributed by atoms with E-state index in [4.69, 9.17) is 0 Å². The van der Waals surface area contributed by atoms with Crippen molar-refractivity contribution in [1.82, 2.24) is 5.01 Å². The van der Waals surface area contributed by atoms with E-state index in [-0.39, 0.29) is 41.9 Å². The lowest BCUT2D eigenvalue weighted by atomic mass is 10.1. The van der Waals surface area contributed by atoms with E-state index in [0.29, 0.717) is 12.1 Å². The second-order valence-electron chi connectivity index (χ2n) is 8.19. The van der Waals surface area contributed by atoms with Crippen LogP contribution in [-0.2, 0) is 19.4 Å². The van der Waals surface area contributed by atoms with Gasteiger partial charge in [-0.15, -0.1) is 0 Å². The molecule has 32 heavy (non-hydrogen) atoms. The molecule has 9 heteroatoms. The number of amides is 2. The van der Waals surface area contributed by atoms with Gasteiger partial charge in [0.1, 0.15) is 5.71 Å². The lowest BCUT2D eigenvalue weighted by Gasteiger charge is -2.27. The van der Waals surface area contributed by atoms with Crippen molar-refractivity contribution in [2.75, 3.05) is 16.8 Å².